The average Bonchev–Trinajstić information content (AvgIpc) is 2.14. The van der Waals surface area contributed by atoms with Crippen LogP contribution in [0.1, 0.15) is 25.7 Å². The zero-order valence-electron chi connectivity index (χ0n) is 7.53. The Kier molecular flexibility index (Phi) is 4.76. The number of ether oxygens (including phenoxy) is 1. The van der Waals surface area contributed by atoms with E-state index >= 15 is 0 Å². The maximum absolute atomic E-state index is 5.54. The van der Waals surface area contributed by atoms with Gasteiger partial charge in [0.25, 0.3) is 0 Å². The summed E-state index contributed by atoms with van der Waals surface area (Å²) in [7, 11) is 1.53. The maximum atomic E-state index is 5.54. The first-order valence-electron chi connectivity index (χ1n) is 4.41. The van der Waals surface area contributed by atoms with Crippen molar-refractivity contribution in [3.63, 3.8) is 0 Å². The lowest BCUT2D eigenvalue weighted by Crippen LogP contribution is -2.17. The van der Waals surface area contributed by atoms with Gasteiger partial charge in [-0.05, 0) is 32.1 Å². The van der Waals surface area contributed by atoms with Crippen LogP contribution in [-0.4, -0.2) is 26.0 Å². The topological polar surface area (TPSA) is 30.8 Å². The Hall–Kier alpha value is -0.570. The van der Waals surface area contributed by atoms with Crippen molar-refractivity contribution in [1.29, 1.82) is 0 Å². The average molecular weight is 170 g/mol. The summed E-state index contributed by atoms with van der Waals surface area (Å²) in [5, 5.41) is 3.60. The fourth-order valence-corrected chi connectivity index (χ4v) is 1.35. The van der Waals surface area contributed by atoms with E-state index in [2.05, 4.69) is 16.4 Å². The molecular weight excluding hydrogens is 154 g/mol. The monoisotopic (exact) mass is 170 g/mol. The molecule has 3 nitrogen and oxygen atoms in total. The minimum Gasteiger partial charge on any atom is -0.399 e. The summed E-state index contributed by atoms with van der Waals surface area (Å²) in [6.07, 6.45) is 9.08. The van der Waals surface area contributed by atoms with Gasteiger partial charge in [0.15, 0.2) is 0 Å². The summed E-state index contributed by atoms with van der Waals surface area (Å²) >= 11 is 0. The highest BCUT2D eigenvalue weighted by Crippen LogP contribution is 2.18. The third kappa shape index (κ3) is 3.72. The van der Waals surface area contributed by atoms with Gasteiger partial charge in [-0.3, -0.25) is 0 Å². The summed E-state index contributed by atoms with van der Waals surface area (Å²) in [4.78, 5) is 4.51. The van der Waals surface area contributed by atoms with Crippen molar-refractivity contribution < 1.29 is 9.57 Å². The summed E-state index contributed by atoms with van der Waals surface area (Å²) < 4.78 is 5.54. The predicted octanol–water partition coefficient (Wildman–Crippen LogP) is 1.78. The molecule has 0 unspecified atom stereocenters. The second-order valence-electron chi connectivity index (χ2n) is 2.87. The van der Waals surface area contributed by atoms with Crippen molar-refractivity contribution >= 4 is 6.21 Å². The van der Waals surface area contributed by atoms with Crippen LogP contribution in [0.2, 0.25) is 0 Å². The first kappa shape index (κ1) is 9.52. The fraction of sp³-hybridized carbons (Fsp3) is 0.778. The van der Waals surface area contributed by atoms with E-state index in [9.17, 15) is 0 Å². The number of oxime groups is 1. The van der Waals surface area contributed by atoms with Gasteiger partial charge in [-0.15, -0.1) is 0 Å². The van der Waals surface area contributed by atoms with E-state index in [1.54, 1.807) is 6.21 Å². The molecule has 1 aliphatic carbocycles. The SMILES string of the molecule is CON=CCOC1CC[CH]CC1. The van der Waals surface area contributed by atoms with Crippen LogP contribution in [0.3, 0.4) is 0 Å². The number of nitrogens with zero attached hydrogens (tertiary/aromatic N) is 1. The molecule has 1 radical (unpaired) electrons. The highest BCUT2D eigenvalue weighted by molar-refractivity contribution is 5.57. The van der Waals surface area contributed by atoms with Crippen LogP contribution in [0, 0.1) is 6.42 Å². The molecule has 1 saturated carbocycles. The molecule has 1 aliphatic rings. The number of hydrogen-bond donors (Lipinski definition) is 0. The lowest BCUT2D eigenvalue weighted by atomic mass is 9.98. The van der Waals surface area contributed by atoms with Gasteiger partial charge in [0, 0.05) is 0 Å². The van der Waals surface area contributed by atoms with E-state index in [1.807, 2.05) is 0 Å². The van der Waals surface area contributed by atoms with Gasteiger partial charge in [0.1, 0.15) is 7.11 Å². The Morgan fingerprint density at radius 1 is 1.50 bits per heavy atom. The van der Waals surface area contributed by atoms with Crippen molar-refractivity contribution in [2.75, 3.05) is 13.7 Å². The Balaban J connectivity index is 2.01. The van der Waals surface area contributed by atoms with Crippen LogP contribution < -0.4 is 0 Å². The summed E-state index contributed by atoms with van der Waals surface area (Å²) in [5.41, 5.74) is 0. The molecule has 12 heavy (non-hydrogen) atoms. The molecule has 0 atom stereocenters. The molecule has 1 fully saturated rings. The van der Waals surface area contributed by atoms with Gasteiger partial charge >= 0.3 is 0 Å². The first-order chi connectivity index (χ1) is 5.93. The molecule has 0 spiro atoms. The van der Waals surface area contributed by atoms with Gasteiger partial charge in [-0.25, -0.2) is 0 Å². The van der Waals surface area contributed by atoms with Crippen LogP contribution in [0.4, 0.5) is 0 Å². The molecule has 0 aliphatic heterocycles. The van der Waals surface area contributed by atoms with Crippen LogP contribution in [-0.2, 0) is 9.57 Å². The third-order valence-electron chi connectivity index (χ3n) is 1.97. The van der Waals surface area contributed by atoms with Gasteiger partial charge < -0.3 is 9.57 Å². The molecule has 0 heterocycles. The van der Waals surface area contributed by atoms with Crippen LogP contribution in [0.5, 0.6) is 0 Å². The fourth-order valence-electron chi connectivity index (χ4n) is 1.35. The highest BCUT2D eigenvalue weighted by atomic mass is 16.6. The Bertz CT molecular complexity index is 130. The summed E-state index contributed by atoms with van der Waals surface area (Å²) in [5.74, 6) is 0. The largest absolute Gasteiger partial charge is 0.399 e. The maximum Gasteiger partial charge on any atom is 0.106 e. The molecule has 0 bridgehead atoms. The zero-order chi connectivity index (χ0) is 8.65. The van der Waals surface area contributed by atoms with Crippen LogP contribution in [0.15, 0.2) is 5.16 Å². The first-order valence-corrected chi connectivity index (χ1v) is 4.41. The normalized spacial score (nSPS) is 20.1. The Morgan fingerprint density at radius 2 is 2.25 bits per heavy atom. The van der Waals surface area contributed by atoms with Crippen LogP contribution in [0.25, 0.3) is 0 Å². The van der Waals surface area contributed by atoms with Gasteiger partial charge in [0.2, 0.25) is 0 Å². The minimum absolute atomic E-state index is 0.429. The molecule has 0 N–H and O–H groups in total. The van der Waals surface area contributed by atoms with Gasteiger partial charge in [0.05, 0.1) is 18.9 Å². The van der Waals surface area contributed by atoms with Crippen molar-refractivity contribution in [2.45, 2.75) is 31.8 Å². The van der Waals surface area contributed by atoms with E-state index in [1.165, 1.54) is 20.0 Å². The second kappa shape index (κ2) is 6.00. The minimum atomic E-state index is 0.429. The molecule has 3 heteroatoms. The highest BCUT2D eigenvalue weighted by Gasteiger charge is 2.12. The van der Waals surface area contributed by atoms with Crippen molar-refractivity contribution in [3.05, 3.63) is 6.42 Å². The molecular formula is C9H16NO2. The van der Waals surface area contributed by atoms with Crippen molar-refractivity contribution in [2.24, 2.45) is 5.16 Å². The Morgan fingerprint density at radius 3 is 2.92 bits per heavy atom. The number of hydrogen-bond acceptors (Lipinski definition) is 3. The van der Waals surface area contributed by atoms with E-state index < -0.39 is 0 Å². The number of rotatable bonds is 4. The Labute approximate surface area is 73.7 Å². The van der Waals surface area contributed by atoms with Crippen molar-refractivity contribution in [3.8, 4) is 0 Å². The smallest absolute Gasteiger partial charge is 0.106 e. The molecule has 0 aromatic heterocycles. The summed E-state index contributed by atoms with van der Waals surface area (Å²) in [6.45, 7) is 0.568. The van der Waals surface area contributed by atoms with Gasteiger partial charge in [-0.2, -0.15) is 0 Å². The van der Waals surface area contributed by atoms with E-state index in [4.69, 9.17) is 4.74 Å². The standard InChI is InChI=1S/C9H16NO2/c1-11-10-7-8-12-9-5-3-2-4-6-9/h2,7,9H,3-6,8H2,1H3. The second-order valence-corrected chi connectivity index (χ2v) is 2.87. The molecule has 69 valence electrons. The van der Waals surface area contributed by atoms with E-state index in [0.29, 0.717) is 12.7 Å². The predicted molar refractivity (Wildman–Crippen MR) is 48.0 cm³/mol. The zero-order valence-corrected chi connectivity index (χ0v) is 7.53. The van der Waals surface area contributed by atoms with E-state index in [-0.39, 0.29) is 0 Å². The molecule has 0 aromatic carbocycles. The van der Waals surface area contributed by atoms with E-state index in [0.717, 1.165) is 12.8 Å². The van der Waals surface area contributed by atoms with Gasteiger partial charge in [-0.1, -0.05) is 5.16 Å². The molecule has 1 rings (SSSR count). The van der Waals surface area contributed by atoms with Crippen LogP contribution >= 0.6 is 0 Å². The third-order valence-corrected chi connectivity index (χ3v) is 1.97. The lowest BCUT2D eigenvalue weighted by Gasteiger charge is -2.20. The molecule has 0 aromatic rings. The molecule has 0 amide bonds. The van der Waals surface area contributed by atoms with Crippen molar-refractivity contribution in [1.82, 2.24) is 0 Å². The molecule has 0 saturated heterocycles. The quantitative estimate of drug-likeness (QED) is 0.475. The summed E-state index contributed by atoms with van der Waals surface area (Å²) in [6, 6.07) is 0. The lowest BCUT2D eigenvalue weighted by molar-refractivity contribution is 0.0606.